The predicted molar refractivity (Wildman–Crippen MR) is 74.3 cm³/mol. The van der Waals surface area contributed by atoms with Gasteiger partial charge in [0.25, 0.3) is 0 Å². The molecule has 1 aromatic carbocycles. The molecule has 0 aliphatic carbocycles. The van der Waals surface area contributed by atoms with Crippen molar-refractivity contribution in [1.82, 2.24) is 9.80 Å². The van der Waals surface area contributed by atoms with Gasteiger partial charge in [-0.2, -0.15) is 0 Å². The third-order valence-corrected chi connectivity index (χ3v) is 3.10. The van der Waals surface area contributed by atoms with Gasteiger partial charge in [0.1, 0.15) is 0 Å². The van der Waals surface area contributed by atoms with E-state index in [0.29, 0.717) is 13.1 Å². The molecule has 0 aromatic heterocycles. The highest BCUT2D eigenvalue weighted by Crippen LogP contribution is 2.18. The van der Waals surface area contributed by atoms with Crippen molar-refractivity contribution in [1.29, 1.82) is 0 Å². The molecule has 1 amide bonds. The van der Waals surface area contributed by atoms with Crippen LogP contribution < -0.4 is 5.73 Å². The maximum absolute atomic E-state index is 11.7. The number of hydrogen-bond acceptors (Lipinski definition) is 3. The van der Waals surface area contributed by atoms with Crippen LogP contribution in [-0.4, -0.2) is 49.9 Å². The molecule has 0 aliphatic heterocycles. The zero-order valence-corrected chi connectivity index (χ0v) is 11.7. The van der Waals surface area contributed by atoms with Gasteiger partial charge in [-0.15, -0.1) is 0 Å². The SMILES string of the molecule is Cc1ccc(C(CN)N(C)CC(=O)N(C)C)cc1. The summed E-state index contributed by atoms with van der Waals surface area (Å²) in [6, 6.07) is 8.36. The maximum atomic E-state index is 11.7. The van der Waals surface area contributed by atoms with Crippen molar-refractivity contribution >= 4 is 5.91 Å². The average molecular weight is 249 g/mol. The zero-order valence-electron chi connectivity index (χ0n) is 11.7. The van der Waals surface area contributed by atoms with Crippen molar-refractivity contribution in [3.05, 3.63) is 35.4 Å². The minimum Gasteiger partial charge on any atom is -0.348 e. The lowest BCUT2D eigenvalue weighted by molar-refractivity contribution is -0.130. The summed E-state index contributed by atoms with van der Waals surface area (Å²) >= 11 is 0. The third-order valence-electron chi connectivity index (χ3n) is 3.10. The second-order valence-corrected chi connectivity index (χ2v) is 4.87. The number of nitrogens with zero attached hydrogens (tertiary/aromatic N) is 2. The normalized spacial score (nSPS) is 12.6. The molecule has 1 atom stereocenters. The van der Waals surface area contributed by atoms with E-state index < -0.39 is 0 Å². The Balaban J connectivity index is 2.76. The number of likely N-dealkylation sites (N-methyl/N-ethyl adjacent to an activating group) is 2. The van der Waals surface area contributed by atoms with Gasteiger partial charge in [-0.1, -0.05) is 29.8 Å². The lowest BCUT2D eigenvalue weighted by Gasteiger charge is -2.28. The van der Waals surface area contributed by atoms with Crippen molar-refractivity contribution in [2.24, 2.45) is 5.73 Å². The van der Waals surface area contributed by atoms with Crippen molar-refractivity contribution in [3.63, 3.8) is 0 Å². The van der Waals surface area contributed by atoms with E-state index in [-0.39, 0.29) is 11.9 Å². The van der Waals surface area contributed by atoms with Crippen molar-refractivity contribution < 1.29 is 4.79 Å². The Morgan fingerprint density at radius 3 is 2.22 bits per heavy atom. The standard InChI is InChI=1S/C14H23N3O/c1-11-5-7-12(8-6-11)13(9-15)17(4)10-14(18)16(2)3/h5-8,13H,9-10,15H2,1-4H3. The minimum absolute atomic E-state index is 0.0782. The van der Waals surface area contributed by atoms with Crippen molar-refractivity contribution in [3.8, 4) is 0 Å². The van der Waals surface area contributed by atoms with Gasteiger partial charge in [-0.25, -0.2) is 0 Å². The number of amides is 1. The van der Waals surface area contributed by atoms with Crippen LogP contribution in [0, 0.1) is 6.92 Å². The monoisotopic (exact) mass is 249 g/mol. The average Bonchev–Trinajstić information content (AvgIpc) is 2.32. The summed E-state index contributed by atoms with van der Waals surface area (Å²) in [5.74, 6) is 0.0862. The summed E-state index contributed by atoms with van der Waals surface area (Å²) in [5.41, 5.74) is 8.20. The number of hydrogen-bond donors (Lipinski definition) is 1. The fraction of sp³-hybridized carbons (Fsp3) is 0.500. The lowest BCUT2D eigenvalue weighted by Crippen LogP contribution is -2.38. The Labute approximate surface area is 109 Å². The fourth-order valence-electron chi connectivity index (χ4n) is 1.82. The lowest BCUT2D eigenvalue weighted by atomic mass is 10.0. The second kappa shape index (κ2) is 6.52. The topological polar surface area (TPSA) is 49.6 Å². The highest BCUT2D eigenvalue weighted by Gasteiger charge is 2.18. The van der Waals surface area contributed by atoms with Crippen LogP contribution in [0.25, 0.3) is 0 Å². The van der Waals surface area contributed by atoms with Crippen LogP contribution >= 0.6 is 0 Å². The van der Waals surface area contributed by atoms with E-state index in [1.54, 1.807) is 19.0 Å². The van der Waals surface area contributed by atoms with Crippen LogP contribution in [0.1, 0.15) is 17.2 Å². The van der Waals surface area contributed by atoms with Gasteiger partial charge in [0, 0.05) is 26.7 Å². The molecule has 0 radical (unpaired) electrons. The molecule has 0 saturated carbocycles. The molecule has 2 N–H and O–H groups in total. The van der Waals surface area contributed by atoms with Gasteiger partial charge in [0.05, 0.1) is 6.54 Å². The molecule has 1 aromatic rings. The van der Waals surface area contributed by atoms with Crippen LogP contribution in [0.3, 0.4) is 0 Å². The number of benzene rings is 1. The van der Waals surface area contributed by atoms with Gasteiger partial charge >= 0.3 is 0 Å². The first kappa shape index (κ1) is 14.7. The molecule has 1 rings (SSSR count). The fourth-order valence-corrected chi connectivity index (χ4v) is 1.82. The summed E-state index contributed by atoms with van der Waals surface area (Å²) in [5, 5.41) is 0. The molecule has 4 heteroatoms. The van der Waals surface area contributed by atoms with E-state index in [9.17, 15) is 4.79 Å². The summed E-state index contributed by atoms with van der Waals surface area (Å²) in [4.78, 5) is 15.3. The van der Waals surface area contributed by atoms with Crippen molar-refractivity contribution in [2.75, 3.05) is 34.2 Å². The second-order valence-electron chi connectivity index (χ2n) is 4.87. The van der Waals surface area contributed by atoms with E-state index in [4.69, 9.17) is 5.73 Å². The minimum atomic E-state index is 0.0782. The molecule has 0 spiro atoms. The van der Waals surface area contributed by atoms with Crippen LogP contribution in [0.2, 0.25) is 0 Å². The Bertz CT molecular complexity index is 387. The molecule has 0 bridgehead atoms. The van der Waals surface area contributed by atoms with E-state index in [2.05, 4.69) is 31.2 Å². The number of rotatable bonds is 5. The first-order valence-corrected chi connectivity index (χ1v) is 6.12. The molecule has 18 heavy (non-hydrogen) atoms. The molecular weight excluding hydrogens is 226 g/mol. The number of aryl methyl sites for hydroxylation is 1. The maximum Gasteiger partial charge on any atom is 0.236 e. The van der Waals surface area contributed by atoms with Crippen molar-refractivity contribution in [2.45, 2.75) is 13.0 Å². The smallest absolute Gasteiger partial charge is 0.236 e. The highest BCUT2D eigenvalue weighted by molar-refractivity contribution is 5.77. The number of carbonyl (C=O) groups excluding carboxylic acids is 1. The van der Waals surface area contributed by atoms with Gasteiger partial charge in [-0.05, 0) is 19.5 Å². The zero-order chi connectivity index (χ0) is 13.7. The first-order chi connectivity index (χ1) is 8.45. The third kappa shape index (κ3) is 3.82. The van der Waals surface area contributed by atoms with E-state index in [0.717, 1.165) is 5.56 Å². The summed E-state index contributed by atoms with van der Waals surface area (Å²) < 4.78 is 0. The largest absolute Gasteiger partial charge is 0.348 e. The molecule has 0 fully saturated rings. The van der Waals surface area contributed by atoms with E-state index in [1.165, 1.54) is 5.56 Å². The number of carbonyl (C=O) groups is 1. The van der Waals surface area contributed by atoms with Gasteiger partial charge in [-0.3, -0.25) is 9.69 Å². The molecule has 0 aliphatic rings. The Morgan fingerprint density at radius 1 is 1.22 bits per heavy atom. The summed E-state index contributed by atoms with van der Waals surface area (Å²) in [7, 11) is 5.46. The summed E-state index contributed by atoms with van der Waals surface area (Å²) in [6.07, 6.45) is 0. The highest BCUT2D eigenvalue weighted by atomic mass is 16.2. The van der Waals surface area contributed by atoms with Crippen LogP contribution in [0.15, 0.2) is 24.3 Å². The molecule has 100 valence electrons. The van der Waals surface area contributed by atoms with Crippen LogP contribution in [0.5, 0.6) is 0 Å². The van der Waals surface area contributed by atoms with Crippen LogP contribution in [-0.2, 0) is 4.79 Å². The Hall–Kier alpha value is -1.39. The Morgan fingerprint density at radius 2 is 1.78 bits per heavy atom. The first-order valence-electron chi connectivity index (χ1n) is 6.12. The van der Waals surface area contributed by atoms with E-state index >= 15 is 0 Å². The molecular formula is C14H23N3O. The van der Waals surface area contributed by atoms with Gasteiger partial charge < -0.3 is 10.6 Å². The predicted octanol–water partition coefficient (Wildman–Crippen LogP) is 1.01. The van der Waals surface area contributed by atoms with Crippen LogP contribution in [0.4, 0.5) is 0 Å². The number of nitrogens with two attached hydrogens (primary N) is 1. The van der Waals surface area contributed by atoms with Gasteiger partial charge in [0.2, 0.25) is 5.91 Å². The molecule has 4 nitrogen and oxygen atoms in total. The molecule has 1 unspecified atom stereocenters. The molecule has 0 heterocycles. The Kier molecular flexibility index (Phi) is 5.31. The summed E-state index contributed by atoms with van der Waals surface area (Å²) in [6.45, 7) is 2.93. The van der Waals surface area contributed by atoms with E-state index in [1.807, 2.05) is 11.9 Å². The quantitative estimate of drug-likeness (QED) is 0.847. The molecule has 0 saturated heterocycles. The van der Waals surface area contributed by atoms with Gasteiger partial charge in [0.15, 0.2) is 0 Å².